The minimum absolute atomic E-state index is 0.894. The molecule has 2 nitrogen and oxygen atoms in total. The normalized spacial score (nSPS) is 11.7. The summed E-state index contributed by atoms with van der Waals surface area (Å²) in [6.45, 7) is 0. The van der Waals surface area contributed by atoms with Gasteiger partial charge in [0.2, 0.25) is 0 Å². The van der Waals surface area contributed by atoms with Gasteiger partial charge in [0.05, 0.1) is 11.4 Å². The molecular formula is C36H23NO. The molecule has 1 aromatic heterocycles. The first kappa shape index (κ1) is 21.0. The second-order valence-corrected chi connectivity index (χ2v) is 9.75. The number of hydrogen-bond donors (Lipinski definition) is 0. The van der Waals surface area contributed by atoms with Gasteiger partial charge in [-0.2, -0.15) is 0 Å². The zero-order chi connectivity index (χ0) is 25.1. The fourth-order valence-electron chi connectivity index (χ4n) is 5.93. The third-order valence-corrected chi connectivity index (χ3v) is 7.59. The number of hydrogen-bond acceptors (Lipinski definition) is 2. The van der Waals surface area contributed by atoms with Crippen molar-refractivity contribution in [1.29, 1.82) is 0 Å². The Morgan fingerprint density at radius 3 is 1.76 bits per heavy atom. The molecule has 0 bridgehead atoms. The van der Waals surface area contributed by atoms with Crippen molar-refractivity contribution in [1.82, 2.24) is 0 Å². The molecule has 0 unspecified atom stereocenters. The number of benzene rings is 7. The first-order chi connectivity index (χ1) is 18.9. The molecule has 7 aromatic carbocycles. The van der Waals surface area contributed by atoms with Crippen LogP contribution < -0.4 is 4.90 Å². The van der Waals surface area contributed by atoms with Gasteiger partial charge in [-0.25, -0.2) is 0 Å². The molecule has 0 aliphatic rings. The van der Waals surface area contributed by atoms with Crippen LogP contribution in [0.3, 0.4) is 0 Å². The molecule has 2 heteroatoms. The Bertz CT molecular complexity index is 2140. The quantitative estimate of drug-likeness (QED) is 0.231. The Morgan fingerprint density at radius 2 is 0.974 bits per heavy atom. The molecule has 8 aromatic rings. The van der Waals surface area contributed by atoms with Gasteiger partial charge in [-0.1, -0.05) is 109 Å². The number of para-hydroxylation sites is 2. The minimum atomic E-state index is 0.894. The summed E-state index contributed by atoms with van der Waals surface area (Å²) in [6, 6.07) is 49.5. The van der Waals surface area contributed by atoms with Crippen molar-refractivity contribution in [2.75, 3.05) is 4.90 Å². The van der Waals surface area contributed by atoms with Gasteiger partial charge < -0.3 is 9.32 Å². The van der Waals surface area contributed by atoms with Crippen LogP contribution in [0.15, 0.2) is 144 Å². The van der Waals surface area contributed by atoms with E-state index in [9.17, 15) is 0 Å². The predicted octanol–water partition coefficient (Wildman–Crippen LogP) is 10.5. The summed E-state index contributed by atoms with van der Waals surface area (Å²) in [5.41, 5.74) is 5.04. The molecule has 0 atom stereocenters. The maximum absolute atomic E-state index is 6.67. The van der Waals surface area contributed by atoms with Gasteiger partial charge in [0, 0.05) is 21.8 Å². The SMILES string of the molecule is c1ccc(N(c2cc3ccccc3c3ccccc23)c2cc3ccccc3c3c2oc2ccccc23)cc1. The zero-order valence-corrected chi connectivity index (χ0v) is 20.6. The molecule has 0 amide bonds. The summed E-state index contributed by atoms with van der Waals surface area (Å²) in [5, 5.41) is 9.59. The summed E-state index contributed by atoms with van der Waals surface area (Å²) in [4.78, 5) is 2.37. The van der Waals surface area contributed by atoms with E-state index in [1.54, 1.807) is 0 Å². The lowest BCUT2D eigenvalue weighted by Crippen LogP contribution is -2.11. The Morgan fingerprint density at radius 1 is 0.421 bits per heavy atom. The second kappa shape index (κ2) is 8.22. The van der Waals surface area contributed by atoms with Crippen LogP contribution in [0, 0.1) is 0 Å². The summed E-state index contributed by atoms with van der Waals surface area (Å²) >= 11 is 0. The fourth-order valence-corrected chi connectivity index (χ4v) is 5.93. The first-order valence-corrected chi connectivity index (χ1v) is 13.0. The standard InChI is InChI=1S/C36H23NO/c1-2-14-26(15-3-1)37(32-22-24-12-4-6-16-27(24)29-18-8-9-19-30(29)32)33-23-25-13-5-7-17-28(25)35-31-20-10-11-21-34(31)38-36(33)35/h1-23H. The van der Waals surface area contributed by atoms with Gasteiger partial charge in [-0.15, -0.1) is 0 Å². The van der Waals surface area contributed by atoms with Gasteiger partial charge in [-0.3, -0.25) is 0 Å². The van der Waals surface area contributed by atoms with E-state index in [-0.39, 0.29) is 0 Å². The van der Waals surface area contributed by atoms with E-state index in [0.717, 1.165) is 39.0 Å². The van der Waals surface area contributed by atoms with Crippen LogP contribution in [0.1, 0.15) is 0 Å². The van der Waals surface area contributed by atoms with Crippen LogP contribution in [-0.2, 0) is 0 Å². The second-order valence-electron chi connectivity index (χ2n) is 9.75. The lowest BCUT2D eigenvalue weighted by molar-refractivity contribution is 0.669. The average Bonchev–Trinajstić information content (AvgIpc) is 3.38. The number of furan rings is 1. The van der Waals surface area contributed by atoms with Gasteiger partial charge in [0.1, 0.15) is 5.58 Å². The van der Waals surface area contributed by atoms with Crippen LogP contribution >= 0.6 is 0 Å². The number of rotatable bonds is 3. The molecule has 0 aliphatic heterocycles. The van der Waals surface area contributed by atoms with Crippen LogP contribution in [0.2, 0.25) is 0 Å². The largest absolute Gasteiger partial charge is 0.454 e. The lowest BCUT2D eigenvalue weighted by atomic mass is 9.98. The molecule has 0 aliphatic carbocycles. The Hall–Kier alpha value is -5.08. The van der Waals surface area contributed by atoms with Crippen LogP contribution in [0.5, 0.6) is 0 Å². The number of nitrogens with zero attached hydrogens (tertiary/aromatic N) is 1. The van der Waals surface area contributed by atoms with E-state index in [4.69, 9.17) is 4.42 Å². The highest BCUT2D eigenvalue weighted by atomic mass is 16.3. The van der Waals surface area contributed by atoms with E-state index in [1.807, 2.05) is 6.07 Å². The monoisotopic (exact) mass is 485 g/mol. The number of fused-ring (bicyclic) bond motifs is 8. The molecule has 0 saturated carbocycles. The smallest absolute Gasteiger partial charge is 0.160 e. The molecule has 0 saturated heterocycles. The highest BCUT2D eigenvalue weighted by molar-refractivity contribution is 6.24. The molecule has 0 N–H and O–H groups in total. The van der Waals surface area contributed by atoms with Gasteiger partial charge in [0.15, 0.2) is 5.58 Å². The van der Waals surface area contributed by atoms with Crippen molar-refractivity contribution >= 4 is 71.3 Å². The predicted molar refractivity (Wildman–Crippen MR) is 161 cm³/mol. The Labute approximate surface area is 220 Å². The summed E-state index contributed by atoms with van der Waals surface area (Å²) in [5.74, 6) is 0. The lowest BCUT2D eigenvalue weighted by Gasteiger charge is -2.28. The average molecular weight is 486 g/mol. The Kier molecular flexibility index (Phi) is 4.55. The molecule has 8 rings (SSSR count). The third kappa shape index (κ3) is 3.07. The molecule has 0 fully saturated rings. The van der Waals surface area contributed by atoms with Crippen molar-refractivity contribution in [3.8, 4) is 0 Å². The Balaban J connectivity index is 1.56. The van der Waals surface area contributed by atoms with Crippen LogP contribution in [0.4, 0.5) is 17.1 Å². The maximum Gasteiger partial charge on any atom is 0.160 e. The molecule has 0 spiro atoms. The zero-order valence-electron chi connectivity index (χ0n) is 20.6. The molecule has 1 heterocycles. The van der Waals surface area contributed by atoms with Gasteiger partial charge in [0.25, 0.3) is 0 Å². The molecule has 38 heavy (non-hydrogen) atoms. The van der Waals surface area contributed by atoms with E-state index >= 15 is 0 Å². The third-order valence-electron chi connectivity index (χ3n) is 7.59. The van der Waals surface area contributed by atoms with Crippen LogP contribution in [-0.4, -0.2) is 0 Å². The molecular weight excluding hydrogens is 462 g/mol. The molecule has 0 radical (unpaired) electrons. The summed E-state index contributed by atoms with van der Waals surface area (Å²) < 4.78 is 6.67. The van der Waals surface area contributed by atoms with Gasteiger partial charge >= 0.3 is 0 Å². The van der Waals surface area contributed by atoms with Crippen molar-refractivity contribution in [2.24, 2.45) is 0 Å². The van der Waals surface area contributed by atoms with Crippen molar-refractivity contribution in [2.45, 2.75) is 0 Å². The fraction of sp³-hybridized carbons (Fsp3) is 0. The van der Waals surface area contributed by atoms with Gasteiger partial charge in [-0.05, 0) is 57.3 Å². The van der Waals surface area contributed by atoms with E-state index in [2.05, 4.69) is 138 Å². The maximum atomic E-state index is 6.67. The van der Waals surface area contributed by atoms with Crippen molar-refractivity contribution < 1.29 is 4.42 Å². The van der Waals surface area contributed by atoms with Crippen molar-refractivity contribution in [3.63, 3.8) is 0 Å². The van der Waals surface area contributed by atoms with E-state index < -0.39 is 0 Å². The summed E-state index contributed by atoms with van der Waals surface area (Å²) in [7, 11) is 0. The first-order valence-electron chi connectivity index (χ1n) is 13.0. The highest BCUT2D eigenvalue weighted by Gasteiger charge is 2.23. The topological polar surface area (TPSA) is 16.4 Å². The molecule has 178 valence electrons. The van der Waals surface area contributed by atoms with E-state index in [0.29, 0.717) is 0 Å². The highest BCUT2D eigenvalue weighted by Crippen LogP contribution is 2.47. The summed E-state index contributed by atoms with van der Waals surface area (Å²) in [6.07, 6.45) is 0. The van der Waals surface area contributed by atoms with Crippen molar-refractivity contribution in [3.05, 3.63) is 140 Å². The minimum Gasteiger partial charge on any atom is -0.454 e. The number of anilines is 3. The van der Waals surface area contributed by atoms with Crippen LogP contribution in [0.25, 0.3) is 54.3 Å². The van der Waals surface area contributed by atoms with E-state index in [1.165, 1.54) is 32.3 Å².